The normalized spacial score (nSPS) is 21.0. The Balaban J connectivity index is 2.71. The minimum Gasteiger partial charge on any atom is -0.354 e. The van der Waals surface area contributed by atoms with E-state index in [1.54, 1.807) is 0 Å². The van der Waals surface area contributed by atoms with Crippen molar-refractivity contribution >= 4 is 5.91 Å². The summed E-state index contributed by atoms with van der Waals surface area (Å²) in [5.74, 6) is 1.49. The molecule has 0 saturated carbocycles. The zero-order chi connectivity index (χ0) is 12.2. The van der Waals surface area contributed by atoms with Gasteiger partial charge in [0.1, 0.15) is 0 Å². The van der Waals surface area contributed by atoms with Crippen molar-refractivity contribution < 1.29 is 4.79 Å². The van der Waals surface area contributed by atoms with Crippen LogP contribution in [0.5, 0.6) is 0 Å². The SMILES string of the molecule is CC(C)CC1(CC(C)C)CNCC(=O)NC1. The van der Waals surface area contributed by atoms with Gasteiger partial charge in [0.15, 0.2) is 0 Å². The monoisotopic (exact) mass is 226 g/mol. The van der Waals surface area contributed by atoms with E-state index in [9.17, 15) is 4.79 Å². The van der Waals surface area contributed by atoms with Gasteiger partial charge in [-0.1, -0.05) is 27.7 Å². The van der Waals surface area contributed by atoms with Crippen molar-refractivity contribution in [3.63, 3.8) is 0 Å². The first-order chi connectivity index (χ1) is 7.43. The van der Waals surface area contributed by atoms with Crippen LogP contribution in [0.25, 0.3) is 0 Å². The lowest BCUT2D eigenvalue weighted by atomic mass is 9.74. The van der Waals surface area contributed by atoms with Crippen LogP contribution in [0.15, 0.2) is 0 Å². The van der Waals surface area contributed by atoms with Crippen LogP contribution in [0, 0.1) is 17.3 Å². The van der Waals surface area contributed by atoms with Crippen LogP contribution in [0.1, 0.15) is 40.5 Å². The Morgan fingerprint density at radius 3 is 2.19 bits per heavy atom. The summed E-state index contributed by atoms with van der Waals surface area (Å²) in [6, 6.07) is 0. The minimum absolute atomic E-state index is 0.134. The lowest BCUT2D eigenvalue weighted by Gasteiger charge is -2.35. The Morgan fingerprint density at radius 1 is 1.12 bits per heavy atom. The van der Waals surface area contributed by atoms with Crippen molar-refractivity contribution in [1.29, 1.82) is 0 Å². The molecule has 1 aliphatic rings. The molecule has 0 radical (unpaired) electrons. The zero-order valence-corrected chi connectivity index (χ0v) is 11.1. The van der Waals surface area contributed by atoms with Crippen LogP contribution in [0.3, 0.4) is 0 Å². The van der Waals surface area contributed by atoms with E-state index in [0.29, 0.717) is 18.4 Å². The van der Waals surface area contributed by atoms with E-state index in [-0.39, 0.29) is 11.3 Å². The van der Waals surface area contributed by atoms with E-state index in [2.05, 4.69) is 38.3 Å². The molecule has 1 heterocycles. The smallest absolute Gasteiger partial charge is 0.233 e. The van der Waals surface area contributed by atoms with Crippen LogP contribution >= 0.6 is 0 Å². The van der Waals surface area contributed by atoms with Crippen LogP contribution in [0.4, 0.5) is 0 Å². The second-order valence-corrected chi connectivity index (χ2v) is 6.08. The number of hydrogen-bond acceptors (Lipinski definition) is 2. The highest BCUT2D eigenvalue weighted by Gasteiger charge is 2.33. The Morgan fingerprint density at radius 2 is 1.69 bits per heavy atom. The maximum atomic E-state index is 11.4. The van der Waals surface area contributed by atoms with Gasteiger partial charge in [0.25, 0.3) is 0 Å². The average molecular weight is 226 g/mol. The Labute approximate surface area is 99.4 Å². The summed E-state index contributed by atoms with van der Waals surface area (Å²) in [6.45, 7) is 11.3. The molecule has 2 N–H and O–H groups in total. The zero-order valence-electron chi connectivity index (χ0n) is 11.1. The second kappa shape index (κ2) is 5.67. The lowest BCUT2D eigenvalue weighted by Crippen LogP contribution is -2.40. The van der Waals surface area contributed by atoms with Gasteiger partial charge < -0.3 is 10.6 Å². The highest BCUT2D eigenvalue weighted by Crippen LogP contribution is 2.33. The Kier molecular flexibility index (Phi) is 4.78. The molecule has 16 heavy (non-hydrogen) atoms. The van der Waals surface area contributed by atoms with E-state index in [1.165, 1.54) is 12.8 Å². The van der Waals surface area contributed by atoms with Crippen molar-refractivity contribution in [2.45, 2.75) is 40.5 Å². The molecule has 0 aromatic heterocycles. The maximum absolute atomic E-state index is 11.4. The van der Waals surface area contributed by atoms with E-state index < -0.39 is 0 Å². The summed E-state index contributed by atoms with van der Waals surface area (Å²) < 4.78 is 0. The summed E-state index contributed by atoms with van der Waals surface area (Å²) in [5.41, 5.74) is 0.245. The number of nitrogens with one attached hydrogen (secondary N) is 2. The number of carbonyl (C=O) groups excluding carboxylic acids is 1. The third-order valence-electron chi connectivity index (χ3n) is 3.13. The van der Waals surface area contributed by atoms with E-state index in [0.717, 1.165) is 13.1 Å². The highest BCUT2D eigenvalue weighted by molar-refractivity contribution is 5.78. The molecule has 0 aromatic rings. The second-order valence-electron chi connectivity index (χ2n) is 6.08. The van der Waals surface area contributed by atoms with Gasteiger partial charge in [-0.2, -0.15) is 0 Å². The molecule has 1 fully saturated rings. The standard InChI is InChI=1S/C13H26N2O/c1-10(2)5-13(6-11(3)4)8-14-7-12(16)15-9-13/h10-11,14H,5-9H2,1-4H3,(H,15,16). The molecule has 0 spiro atoms. The van der Waals surface area contributed by atoms with E-state index in [4.69, 9.17) is 0 Å². The molecule has 1 rings (SSSR count). The van der Waals surface area contributed by atoms with Gasteiger partial charge in [-0.15, -0.1) is 0 Å². The fourth-order valence-corrected chi connectivity index (χ4v) is 2.96. The highest BCUT2D eigenvalue weighted by atomic mass is 16.1. The molecule has 1 amide bonds. The molecule has 1 saturated heterocycles. The third kappa shape index (κ3) is 4.12. The number of carbonyl (C=O) groups is 1. The van der Waals surface area contributed by atoms with Gasteiger partial charge in [-0.25, -0.2) is 0 Å². The molecular formula is C13H26N2O. The number of amides is 1. The van der Waals surface area contributed by atoms with Crippen molar-refractivity contribution in [2.75, 3.05) is 19.6 Å². The van der Waals surface area contributed by atoms with Crippen LogP contribution in [-0.2, 0) is 4.79 Å². The summed E-state index contributed by atoms with van der Waals surface area (Å²) >= 11 is 0. The predicted octanol–water partition coefficient (Wildman–Crippen LogP) is 1.78. The molecule has 3 nitrogen and oxygen atoms in total. The lowest BCUT2D eigenvalue weighted by molar-refractivity contribution is -0.120. The van der Waals surface area contributed by atoms with Crippen LogP contribution in [0.2, 0.25) is 0 Å². The van der Waals surface area contributed by atoms with Gasteiger partial charge in [0.05, 0.1) is 6.54 Å². The molecule has 94 valence electrons. The van der Waals surface area contributed by atoms with Crippen molar-refractivity contribution in [2.24, 2.45) is 17.3 Å². The first-order valence-corrected chi connectivity index (χ1v) is 6.41. The van der Waals surface area contributed by atoms with E-state index in [1.807, 2.05) is 0 Å². The molecule has 0 aromatic carbocycles. The fourth-order valence-electron chi connectivity index (χ4n) is 2.96. The van der Waals surface area contributed by atoms with Crippen LogP contribution in [-0.4, -0.2) is 25.5 Å². The average Bonchev–Trinajstić information content (AvgIpc) is 2.27. The van der Waals surface area contributed by atoms with Gasteiger partial charge in [-0.05, 0) is 24.7 Å². The summed E-state index contributed by atoms with van der Waals surface area (Å²) in [6.07, 6.45) is 2.36. The minimum atomic E-state index is 0.134. The first kappa shape index (κ1) is 13.5. The predicted molar refractivity (Wildman–Crippen MR) is 67.2 cm³/mol. The van der Waals surface area contributed by atoms with Crippen molar-refractivity contribution in [3.8, 4) is 0 Å². The molecule has 0 atom stereocenters. The summed E-state index contributed by atoms with van der Waals surface area (Å²) in [5, 5.41) is 6.33. The van der Waals surface area contributed by atoms with Crippen molar-refractivity contribution in [1.82, 2.24) is 10.6 Å². The molecule has 0 aliphatic carbocycles. The topological polar surface area (TPSA) is 41.1 Å². The van der Waals surface area contributed by atoms with Gasteiger partial charge in [-0.3, -0.25) is 4.79 Å². The van der Waals surface area contributed by atoms with Gasteiger partial charge in [0.2, 0.25) is 5.91 Å². The van der Waals surface area contributed by atoms with E-state index >= 15 is 0 Å². The molecule has 0 unspecified atom stereocenters. The molecular weight excluding hydrogens is 200 g/mol. The number of hydrogen-bond donors (Lipinski definition) is 2. The molecule has 1 aliphatic heterocycles. The maximum Gasteiger partial charge on any atom is 0.233 e. The Hall–Kier alpha value is -0.570. The molecule has 0 bridgehead atoms. The first-order valence-electron chi connectivity index (χ1n) is 6.41. The van der Waals surface area contributed by atoms with Crippen LogP contribution < -0.4 is 10.6 Å². The fraction of sp³-hybridized carbons (Fsp3) is 0.923. The number of rotatable bonds is 4. The van der Waals surface area contributed by atoms with Gasteiger partial charge >= 0.3 is 0 Å². The summed E-state index contributed by atoms with van der Waals surface area (Å²) in [4.78, 5) is 11.4. The quantitative estimate of drug-likeness (QED) is 0.767. The molecule has 3 heteroatoms. The Bertz CT molecular complexity index is 226. The largest absolute Gasteiger partial charge is 0.354 e. The van der Waals surface area contributed by atoms with Crippen molar-refractivity contribution in [3.05, 3.63) is 0 Å². The van der Waals surface area contributed by atoms with Gasteiger partial charge in [0, 0.05) is 18.5 Å². The summed E-state index contributed by atoms with van der Waals surface area (Å²) in [7, 11) is 0. The third-order valence-corrected chi connectivity index (χ3v) is 3.13.